The van der Waals surface area contributed by atoms with Crippen LogP contribution in [0.4, 0.5) is 0 Å². The van der Waals surface area contributed by atoms with E-state index in [9.17, 15) is 9.59 Å². The second kappa shape index (κ2) is 6.46. The zero-order chi connectivity index (χ0) is 17.4. The highest BCUT2D eigenvalue weighted by Crippen LogP contribution is 2.28. The lowest BCUT2D eigenvalue weighted by Gasteiger charge is -2.33. The van der Waals surface area contributed by atoms with Crippen LogP contribution in [0.3, 0.4) is 0 Å². The Balaban J connectivity index is 1.49. The minimum absolute atomic E-state index is 0.0952. The van der Waals surface area contributed by atoms with Crippen molar-refractivity contribution in [2.45, 2.75) is 32.1 Å². The maximum atomic E-state index is 12.9. The molecule has 0 spiro atoms. The lowest BCUT2D eigenvalue weighted by molar-refractivity contribution is -0.137. The van der Waals surface area contributed by atoms with Gasteiger partial charge in [-0.05, 0) is 31.9 Å². The normalized spacial score (nSPS) is 24.3. The van der Waals surface area contributed by atoms with Crippen LogP contribution in [0, 0.1) is 5.92 Å². The Hall–Kier alpha value is -2.44. The van der Waals surface area contributed by atoms with Crippen molar-refractivity contribution in [3.63, 3.8) is 0 Å². The fourth-order valence-corrected chi connectivity index (χ4v) is 4.03. The lowest BCUT2D eigenvalue weighted by Crippen LogP contribution is -2.43. The topological polar surface area (TPSA) is 70.8 Å². The van der Waals surface area contributed by atoms with Gasteiger partial charge in [0.1, 0.15) is 5.82 Å². The Kier molecular flexibility index (Phi) is 4.15. The summed E-state index contributed by atoms with van der Waals surface area (Å²) in [5.74, 6) is 1.13. The number of nitrogens with zero attached hydrogens (tertiary/aromatic N) is 5. The van der Waals surface area contributed by atoms with Gasteiger partial charge in [0, 0.05) is 44.7 Å². The lowest BCUT2D eigenvalue weighted by atomic mass is 9.95. The highest BCUT2D eigenvalue weighted by Gasteiger charge is 2.37. The van der Waals surface area contributed by atoms with Gasteiger partial charge in [-0.25, -0.2) is 0 Å². The summed E-state index contributed by atoms with van der Waals surface area (Å²) >= 11 is 0. The Morgan fingerprint density at radius 3 is 2.96 bits per heavy atom. The first kappa shape index (κ1) is 16.1. The first-order chi connectivity index (χ1) is 12.2. The van der Waals surface area contributed by atoms with Crippen LogP contribution >= 0.6 is 0 Å². The predicted molar refractivity (Wildman–Crippen MR) is 91.9 cm³/mol. The van der Waals surface area contributed by atoms with Gasteiger partial charge in [0.05, 0.1) is 5.92 Å². The van der Waals surface area contributed by atoms with E-state index in [0.29, 0.717) is 26.1 Å². The molecule has 2 aliphatic rings. The number of rotatable bonds is 3. The molecule has 132 valence electrons. The monoisotopic (exact) mass is 341 g/mol. The molecule has 0 N–H and O–H groups in total. The third-order valence-electron chi connectivity index (χ3n) is 5.38. The number of fused-ring (bicyclic) bond motifs is 1. The number of carbonyl (C=O) groups excluding carboxylic acids is 2. The molecule has 2 saturated heterocycles. The standard InChI is InChI=1S/C18H23N5O2/c1-2-21-12-14(10-16(21)24)18(25)22-8-5-6-13(11-22)17-20-19-15-7-3-4-9-23(15)17/h3-4,7,9,13-14H,2,5-6,8,10-12H2,1H3/t13-,14+/m1/s1. The van der Waals surface area contributed by atoms with Gasteiger partial charge < -0.3 is 9.80 Å². The minimum Gasteiger partial charge on any atom is -0.342 e. The van der Waals surface area contributed by atoms with Gasteiger partial charge >= 0.3 is 0 Å². The molecule has 4 heterocycles. The number of piperidine rings is 1. The summed E-state index contributed by atoms with van der Waals surface area (Å²) in [6, 6.07) is 5.85. The molecule has 7 nitrogen and oxygen atoms in total. The Bertz CT molecular complexity index is 802. The summed E-state index contributed by atoms with van der Waals surface area (Å²) in [5.41, 5.74) is 0.834. The van der Waals surface area contributed by atoms with E-state index in [1.165, 1.54) is 0 Å². The average Bonchev–Trinajstić information content (AvgIpc) is 3.24. The van der Waals surface area contributed by atoms with Crippen molar-refractivity contribution in [2.75, 3.05) is 26.2 Å². The van der Waals surface area contributed by atoms with E-state index >= 15 is 0 Å². The molecule has 0 bridgehead atoms. The SMILES string of the molecule is CCN1C[C@@H](C(=O)N2CCC[C@@H](c3nnc4ccccn34)C2)CC1=O. The van der Waals surface area contributed by atoms with Crippen LogP contribution in [0.2, 0.25) is 0 Å². The summed E-state index contributed by atoms with van der Waals surface area (Å²) in [6.45, 7) is 4.62. The fourth-order valence-electron chi connectivity index (χ4n) is 4.03. The summed E-state index contributed by atoms with van der Waals surface area (Å²) in [6.07, 6.45) is 4.28. The summed E-state index contributed by atoms with van der Waals surface area (Å²) in [7, 11) is 0. The van der Waals surface area contributed by atoms with E-state index in [0.717, 1.165) is 30.9 Å². The maximum Gasteiger partial charge on any atom is 0.228 e. The van der Waals surface area contributed by atoms with Gasteiger partial charge in [-0.1, -0.05) is 6.07 Å². The van der Waals surface area contributed by atoms with Gasteiger partial charge in [0.25, 0.3) is 0 Å². The van der Waals surface area contributed by atoms with Crippen LogP contribution in [0.15, 0.2) is 24.4 Å². The molecule has 4 rings (SSSR count). The predicted octanol–water partition coefficient (Wildman–Crippen LogP) is 1.30. The maximum absolute atomic E-state index is 12.9. The molecule has 2 amide bonds. The van der Waals surface area contributed by atoms with Gasteiger partial charge in [-0.2, -0.15) is 0 Å². The zero-order valence-electron chi connectivity index (χ0n) is 14.5. The van der Waals surface area contributed by atoms with Crippen LogP contribution in [0.25, 0.3) is 5.65 Å². The third kappa shape index (κ3) is 2.88. The van der Waals surface area contributed by atoms with E-state index in [1.54, 1.807) is 4.90 Å². The van der Waals surface area contributed by atoms with E-state index in [-0.39, 0.29) is 23.7 Å². The second-order valence-corrected chi connectivity index (χ2v) is 6.94. The van der Waals surface area contributed by atoms with Gasteiger partial charge in [-0.3, -0.25) is 14.0 Å². The van der Waals surface area contributed by atoms with E-state index < -0.39 is 0 Å². The largest absolute Gasteiger partial charge is 0.342 e. The summed E-state index contributed by atoms with van der Waals surface area (Å²) in [5, 5.41) is 8.59. The molecule has 0 aromatic carbocycles. The number of aromatic nitrogens is 3. The molecule has 7 heteroatoms. The third-order valence-corrected chi connectivity index (χ3v) is 5.38. The van der Waals surface area contributed by atoms with Crippen LogP contribution in [0.1, 0.15) is 37.9 Å². The molecule has 0 radical (unpaired) electrons. The van der Waals surface area contributed by atoms with Crippen LogP contribution in [0.5, 0.6) is 0 Å². The van der Waals surface area contributed by atoms with Crippen molar-refractivity contribution < 1.29 is 9.59 Å². The first-order valence-electron chi connectivity index (χ1n) is 9.03. The molecule has 2 atom stereocenters. The van der Waals surface area contributed by atoms with Crippen molar-refractivity contribution >= 4 is 17.5 Å². The van der Waals surface area contributed by atoms with E-state index in [1.807, 2.05) is 40.6 Å². The Labute approximate surface area is 146 Å². The molecule has 0 saturated carbocycles. The Morgan fingerprint density at radius 1 is 1.28 bits per heavy atom. The van der Waals surface area contributed by atoms with E-state index in [2.05, 4.69) is 10.2 Å². The molecule has 2 aliphatic heterocycles. The molecular formula is C18H23N5O2. The molecule has 0 unspecified atom stereocenters. The Morgan fingerprint density at radius 2 is 2.16 bits per heavy atom. The van der Waals surface area contributed by atoms with Gasteiger partial charge in [0.15, 0.2) is 5.65 Å². The van der Waals surface area contributed by atoms with Gasteiger partial charge in [-0.15, -0.1) is 10.2 Å². The number of likely N-dealkylation sites (tertiary alicyclic amines) is 2. The molecule has 0 aliphatic carbocycles. The van der Waals surface area contributed by atoms with Crippen LogP contribution < -0.4 is 0 Å². The molecule has 2 aromatic rings. The van der Waals surface area contributed by atoms with Crippen LogP contribution in [-0.2, 0) is 9.59 Å². The van der Waals surface area contributed by atoms with Crippen molar-refractivity contribution in [3.8, 4) is 0 Å². The van der Waals surface area contributed by atoms with Crippen molar-refractivity contribution in [2.24, 2.45) is 5.92 Å². The van der Waals surface area contributed by atoms with Crippen molar-refractivity contribution in [1.82, 2.24) is 24.4 Å². The number of carbonyl (C=O) groups is 2. The molecule has 2 aromatic heterocycles. The zero-order valence-corrected chi connectivity index (χ0v) is 14.5. The minimum atomic E-state index is -0.193. The van der Waals surface area contributed by atoms with Crippen molar-refractivity contribution in [3.05, 3.63) is 30.2 Å². The number of amides is 2. The van der Waals surface area contributed by atoms with Gasteiger partial charge in [0.2, 0.25) is 11.8 Å². The molecule has 25 heavy (non-hydrogen) atoms. The number of pyridine rings is 1. The van der Waals surface area contributed by atoms with E-state index in [4.69, 9.17) is 0 Å². The smallest absolute Gasteiger partial charge is 0.228 e. The van der Waals surface area contributed by atoms with Crippen LogP contribution in [-0.4, -0.2) is 62.4 Å². The average molecular weight is 341 g/mol. The summed E-state index contributed by atoms with van der Waals surface area (Å²) in [4.78, 5) is 28.5. The number of hydrogen-bond donors (Lipinski definition) is 0. The highest BCUT2D eigenvalue weighted by atomic mass is 16.2. The quantitative estimate of drug-likeness (QED) is 0.844. The highest BCUT2D eigenvalue weighted by molar-refractivity contribution is 5.89. The van der Waals surface area contributed by atoms with Crippen molar-refractivity contribution in [1.29, 1.82) is 0 Å². The fraction of sp³-hybridized carbons (Fsp3) is 0.556. The second-order valence-electron chi connectivity index (χ2n) is 6.94. The summed E-state index contributed by atoms with van der Waals surface area (Å²) < 4.78 is 2.01. The first-order valence-corrected chi connectivity index (χ1v) is 9.03. The molecular weight excluding hydrogens is 318 g/mol. The number of hydrogen-bond acceptors (Lipinski definition) is 4. The molecule has 2 fully saturated rings.